The maximum absolute atomic E-state index is 8.82. The van der Waals surface area contributed by atoms with Gasteiger partial charge in [0.15, 0.2) is 0 Å². The number of nitrogens with zero attached hydrogens (tertiary/aromatic N) is 4. The Labute approximate surface area is 430 Å². The third-order valence-electron chi connectivity index (χ3n) is 13.3. The van der Waals surface area contributed by atoms with E-state index in [1.54, 1.807) is 0 Å². The van der Waals surface area contributed by atoms with E-state index in [4.69, 9.17) is 13.8 Å². The van der Waals surface area contributed by atoms with Gasteiger partial charge in [-0.2, -0.15) is 12.1 Å². The smallest absolute Gasteiger partial charge is 0.509 e. The molecule has 0 amide bonds. The number of benzene rings is 6. The van der Waals surface area contributed by atoms with E-state index in [9.17, 15) is 0 Å². The van der Waals surface area contributed by atoms with Crippen molar-refractivity contribution in [1.82, 2.24) is 18.7 Å². The normalized spacial score (nSPS) is 14.2. The first-order chi connectivity index (χ1) is 33.0. The SMILES string of the molecule is [2H]C([2H])([2H])c1cc(C(C)(C)C)ccc1-c1cccc2c1[N+](c1cc(C(C)(C)C)cc(C(C)(C)C)c1)=C=[N+]2c1[c-]c(Oc2[c-]c3c(cc2)c2cc(C(C)(C)C)ccc2n3-c2cc(C(C)(C)C)ccn2)ccc1.[Pt+2]. The van der Waals surface area contributed by atoms with E-state index in [1.165, 1.54) is 22.3 Å². The summed E-state index contributed by atoms with van der Waals surface area (Å²) in [5.41, 5.74) is 12.2. The van der Waals surface area contributed by atoms with Crippen molar-refractivity contribution in [2.75, 3.05) is 0 Å². The number of aromatic nitrogens is 2. The van der Waals surface area contributed by atoms with E-state index in [0.29, 0.717) is 28.3 Å². The predicted molar refractivity (Wildman–Crippen MR) is 287 cm³/mol. The van der Waals surface area contributed by atoms with E-state index in [1.807, 2.05) is 59.3 Å². The fourth-order valence-electron chi connectivity index (χ4n) is 9.03. The molecule has 0 bridgehead atoms. The summed E-state index contributed by atoms with van der Waals surface area (Å²) < 4.78 is 39.5. The zero-order chi connectivity index (χ0) is 51.4. The second-order valence-corrected chi connectivity index (χ2v) is 23.8. The Balaban J connectivity index is 0.00000693. The Morgan fingerprint density at radius 1 is 0.551 bits per heavy atom. The van der Waals surface area contributed by atoms with Crippen LogP contribution in [0.2, 0.25) is 0 Å². The molecule has 0 saturated heterocycles. The van der Waals surface area contributed by atoms with Gasteiger partial charge in [0, 0.05) is 45.5 Å². The fraction of sp³-hybridized carbons (Fsp3) is 0.333. The van der Waals surface area contributed by atoms with Crippen molar-refractivity contribution in [3.63, 3.8) is 0 Å². The van der Waals surface area contributed by atoms with Crippen LogP contribution in [-0.4, -0.2) is 15.6 Å². The number of ether oxygens (including phenoxy) is 1. The maximum Gasteiger partial charge on any atom is 2.00 e. The molecule has 1 aliphatic rings. The second-order valence-electron chi connectivity index (χ2n) is 23.8. The van der Waals surface area contributed by atoms with Crippen LogP contribution in [0, 0.1) is 19.0 Å². The van der Waals surface area contributed by atoms with Crippen LogP contribution >= 0.6 is 0 Å². The van der Waals surface area contributed by atoms with E-state index < -0.39 is 6.85 Å². The molecule has 0 spiro atoms. The van der Waals surface area contributed by atoms with Gasteiger partial charge in [0.2, 0.25) is 5.69 Å². The van der Waals surface area contributed by atoms with Crippen LogP contribution in [0.1, 0.15) is 141 Å². The average molecular weight is 1100 g/mol. The summed E-state index contributed by atoms with van der Waals surface area (Å²) in [6.07, 6.45) is 1.90. The van der Waals surface area contributed by atoms with Gasteiger partial charge in [-0.1, -0.05) is 169 Å². The minimum atomic E-state index is -2.36. The molecule has 2 aromatic heterocycles. The molecule has 0 saturated carbocycles. The number of hydrogen-bond donors (Lipinski definition) is 0. The molecule has 3 heterocycles. The minimum Gasteiger partial charge on any atom is -0.509 e. The topological polar surface area (TPSA) is 33.1 Å². The predicted octanol–water partition coefficient (Wildman–Crippen LogP) is 16.9. The van der Waals surface area contributed by atoms with Crippen LogP contribution in [-0.2, 0) is 48.1 Å². The Morgan fingerprint density at radius 3 is 1.81 bits per heavy atom. The summed E-state index contributed by atoms with van der Waals surface area (Å²) in [5, 5.41) is 2.20. The van der Waals surface area contributed by atoms with Crippen LogP contribution < -0.4 is 13.9 Å². The molecule has 0 radical (unpaired) electrons. The van der Waals surface area contributed by atoms with Crippen molar-refractivity contribution >= 4 is 50.6 Å². The average Bonchev–Trinajstić information content (AvgIpc) is 3.83. The van der Waals surface area contributed by atoms with E-state index in [2.05, 4.69) is 198 Å². The molecule has 69 heavy (non-hydrogen) atoms. The molecular weight excluding hydrogens is 1020 g/mol. The summed E-state index contributed by atoms with van der Waals surface area (Å²) in [4.78, 5) is 4.92. The van der Waals surface area contributed by atoms with Crippen LogP contribution in [0.25, 0.3) is 38.8 Å². The van der Waals surface area contributed by atoms with Crippen molar-refractivity contribution in [2.45, 2.75) is 138 Å². The standard InChI is InChI=1S/C63H68N4O.Pt/c1-40-31-41(59(2,3)4)23-26-50(40)52-21-18-22-55-58(52)66(47-33-44(62(11,12)13)32-45(34-47)63(14,15)16)39-65(55)46-19-17-20-48(37-46)68-49-25-27-51-53-35-42(60(5,6)7)24-28-54(53)67(56(51)38-49)57-36-43(29-30-64-57)61(8,9)10;/h17-36H,1-16H3;/q;+2/i1D3;. The fourth-order valence-corrected chi connectivity index (χ4v) is 9.03. The Hall–Kier alpha value is -5.86. The van der Waals surface area contributed by atoms with Crippen LogP contribution in [0.4, 0.5) is 22.7 Å². The molecule has 8 aromatic rings. The van der Waals surface area contributed by atoms with Gasteiger partial charge < -0.3 is 9.30 Å². The molecule has 0 fully saturated rings. The van der Waals surface area contributed by atoms with Gasteiger partial charge >= 0.3 is 32.8 Å². The van der Waals surface area contributed by atoms with Gasteiger partial charge in [-0.05, 0) is 107 Å². The summed E-state index contributed by atoms with van der Waals surface area (Å²) in [7, 11) is 0. The molecule has 6 aromatic carbocycles. The van der Waals surface area contributed by atoms with Crippen molar-refractivity contribution in [1.29, 1.82) is 0 Å². The largest absolute Gasteiger partial charge is 2.00 e. The molecule has 0 unspecified atom stereocenters. The molecule has 5 nitrogen and oxygen atoms in total. The number of rotatable bonds is 6. The number of aryl methyl sites for hydroxylation is 1. The first kappa shape index (κ1) is 45.6. The summed E-state index contributed by atoms with van der Waals surface area (Å²) in [6, 6.07) is 50.8. The van der Waals surface area contributed by atoms with Crippen molar-refractivity contribution < 1.29 is 29.9 Å². The van der Waals surface area contributed by atoms with Gasteiger partial charge in [-0.15, -0.1) is 23.6 Å². The molecule has 0 N–H and O–H groups in total. The summed E-state index contributed by atoms with van der Waals surface area (Å²) >= 11 is 0. The monoisotopic (exact) mass is 1090 g/mol. The van der Waals surface area contributed by atoms with E-state index in [-0.39, 0.29) is 48.1 Å². The Morgan fingerprint density at radius 2 is 1.16 bits per heavy atom. The first-order valence-corrected chi connectivity index (χ1v) is 24.0. The molecule has 9 rings (SSSR count). The summed E-state index contributed by atoms with van der Waals surface area (Å²) in [5.74, 6) is 1.87. The van der Waals surface area contributed by atoms with Crippen molar-refractivity contribution in [3.8, 4) is 28.4 Å². The molecule has 1 aliphatic heterocycles. The van der Waals surface area contributed by atoms with Gasteiger partial charge in [-0.3, -0.25) is 0 Å². The number of fused-ring (bicyclic) bond motifs is 4. The van der Waals surface area contributed by atoms with E-state index >= 15 is 0 Å². The molecular formula is C63H68N4OPt+2. The van der Waals surface area contributed by atoms with Gasteiger partial charge in [0.25, 0.3) is 5.69 Å². The van der Waals surface area contributed by atoms with Crippen LogP contribution in [0.3, 0.4) is 0 Å². The van der Waals surface area contributed by atoms with Gasteiger partial charge in [-0.25, -0.2) is 4.98 Å². The second kappa shape index (κ2) is 17.5. The number of pyridine rings is 1. The van der Waals surface area contributed by atoms with Gasteiger partial charge in [0.1, 0.15) is 11.5 Å². The van der Waals surface area contributed by atoms with Gasteiger partial charge in [0.05, 0.1) is 5.56 Å². The Bertz CT molecular complexity index is 3470. The number of hydrogen-bond acceptors (Lipinski definition) is 2. The number of para-hydroxylation sites is 1. The molecule has 354 valence electrons. The van der Waals surface area contributed by atoms with Crippen LogP contribution in [0.5, 0.6) is 11.5 Å². The first-order valence-electron chi connectivity index (χ1n) is 25.5. The molecule has 0 aliphatic carbocycles. The summed E-state index contributed by atoms with van der Waals surface area (Å²) in [6.45, 7) is 30.8. The molecule has 0 atom stereocenters. The van der Waals surface area contributed by atoms with Crippen molar-refractivity contribution in [2.24, 2.45) is 0 Å². The quantitative estimate of drug-likeness (QED) is 0.123. The van der Waals surface area contributed by atoms with Crippen LogP contribution in [0.15, 0.2) is 121 Å². The zero-order valence-electron chi connectivity index (χ0n) is 46.1. The zero-order valence-corrected chi connectivity index (χ0v) is 45.3. The third-order valence-corrected chi connectivity index (χ3v) is 13.3. The Kier molecular flexibility index (Phi) is 11.6. The maximum atomic E-state index is 8.82. The van der Waals surface area contributed by atoms with Crippen molar-refractivity contribution in [3.05, 3.63) is 167 Å². The van der Waals surface area contributed by atoms with E-state index in [0.717, 1.165) is 55.8 Å². The third kappa shape index (κ3) is 9.58. The molecule has 6 heteroatoms. The minimum absolute atomic E-state index is 0.